The molecular formula is C16H12N5NaO6S. The second kappa shape index (κ2) is 8.69. The van der Waals surface area contributed by atoms with Crippen LogP contribution in [0.2, 0.25) is 0 Å². The van der Waals surface area contributed by atoms with E-state index in [0.717, 1.165) is 17.7 Å². The number of nitro benzene ring substituents is 1. The molecule has 0 aliphatic heterocycles. The molecule has 0 radical (unpaired) electrons. The van der Waals surface area contributed by atoms with Crippen LogP contribution in [0.5, 0.6) is 0 Å². The summed E-state index contributed by atoms with van der Waals surface area (Å²) in [7, 11) is -4.27. The van der Waals surface area contributed by atoms with E-state index in [1.165, 1.54) is 24.3 Å². The summed E-state index contributed by atoms with van der Waals surface area (Å²) in [6, 6.07) is 10.5. The van der Waals surface area contributed by atoms with Crippen molar-refractivity contribution in [3.8, 4) is 0 Å². The number of hydrogen-bond acceptors (Lipinski definition) is 8. The first-order chi connectivity index (χ1) is 13.2. The Bertz CT molecular complexity index is 1230. The molecule has 0 spiro atoms. The van der Waals surface area contributed by atoms with Crippen molar-refractivity contribution in [3.05, 3.63) is 80.3 Å². The topological polar surface area (TPSA) is 163 Å². The molecule has 11 nitrogen and oxygen atoms in total. The van der Waals surface area contributed by atoms with Crippen molar-refractivity contribution in [1.82, 2.24) is 14.4 Å². The third-order valence-electron chi connectivity index (χ3n) is 3.69. The smallest absolute Gasteiger partial charge is 0.857 e. The van der Waals surface area contributed by atoms with E-state index in [0.29, 0.717) is 0 Å². The maximum Gasteiger partial charge on any atom is 1.00 e. The minimum absolute atomic E-state index is 0. The van der Waals surface area contributed by atoms with Crippen molar-refractivity contribution in [1.29, 1.82) is 0 Å². The Balaban J connectivity index is 0.00000300. The standard InChI is InChI=1S/C16H13N5O6S.Na/c1-10-2-8-13(9-3-10)28(26,27)20-16(23)14(18-19-20)15(22)17-11-4-6-12(7-5-11)21(24)25;/h2-9,19H,1H3,(H,17,22);/q;+1/p-1. The van der Waals surface area contributed by atoms with Crippen LogP contribution in [0.1, 0.15) is 11.3 Å². The van der Waals surface area contributed by atoms with Crippen LogP contribution in [0.15, 0.2) is 63.2 Å². The first-order valence-corrected chi connectivity index (χ1v) is 9.14. The minimum atomic E-state index is -4.27. The largest absolute Gasteiger partial charge is 1.00 e. The molecule has 3 rings (SSSR count). The van der Waals surface area contributed by atoms with Gasteiger partial charge in [-0.3, -0.25) is 19.9 Å². The zero-order valence-electron chi connectivity index (χ0n) is 15.3. The van der Waals surface area contributed by atoms with Gasteiger partial charge in [-0.1, -0.05) is 17.7 Å². The van der Waals surface area contributed by atoms with Crippen molar-refractivity contribution >= 4 is 27.3 Å². The van der Waals surface area contributed by atoms with Gasteiger partial charge in [0.1, 0.15) is 0 Å². The Labute approximate surface area is 186 Å². The van der Waals surface area contributed by atoms with Gasteiger partial charge in [-0.05, 0) is 31.2 Å². The van der Waals surface area contributed by atoms with Crippen molar-refractivity contribution < 1.29 is 48.0 Å². The molecule has 0 unspecified atom stereocenters. The molecule has 1 N–H and O–H groups in total. The number of H-pyrrole nitrogens is 1. The molecule has 1 heterocycles. The fraction of sp³-hybridized carbons (Fsp3) is 0.0625. The van der Waals surface area contributed by atoms with Gasteiger partial charge in [-0.25, -0.2) is 5.21 Å². The van der Waals surface area contributed by atoms with E-state index in [4.69, 9.17) is 0 Å². The molecule has 3 aromatic rings. The number of benzene rings is 2. The number of rotatable bonds is 5. The maximum absolute atomic E-state index is 12.5. The van der Waals surface area contributed by atoms with E-state index in [2.05, 4.69) is 10.1 Å². The molecule has 0 saturated heterocycles. The number of aromatic amines is 1. The van der Waals surface area contributed by atoms with E-state index in [1.54, 1.807) is 19.1 Å². The van der Waals surface area contributed by atoms with Gasteiger partial charge >= 0.3 is 35.1 Å². The predicted octanol–water partition coefficient (Wildman–Crippen LogP) is -2.53. The SMILES string of the molecule is Cc1ccc(S(=O)(=O)n2[nH]nc(C([O-])=Nc3ccc([N+](=O)[O-])cc3)c2=O)cc1.[Na+]. The van der Waals surface area contributed by atoms with Gasteiger partial charge in [0.25, 0.3) is 15.7 Å². The van der Waals surface area contributed by atoms with Gasteiger partial charge in [0, 0.05) is 18.0 Å². The summed E-state index contributed by atoms with van der Waals surface area (Å²) in [4.78, 5) is 25.8. The van der Waals surface area contributed by atoms with Crippen LogP contribution < -0.4 is 40.2 Å². The fourth-order valence-corrected chi connectivity index (χ4v) is 3.37. The molecule has 0 atom stereocenters. The van der Waals surface area contributed by atoms with Gasteiger partial charge in [0.2, 0.25) is 0 Å². The Morgan fingerprint density at radius 3 is 2.28 bits per heavy atom. The molecule has 0 aliphatic rings. The van der Waals surface area contributed by atoms with E-state index in [1.807, 2.05) is 5.21 Å². The number of aliphatic imine (C=N–C) groups is 1. The van der Waals surface area contributed by atoms with Crippen LogP contribution in [0.25, 0.3) is 0 Å². The molecule has 0 aliphatic carbocycles. The van der Waals surface area contributed by atoms with Crippen LogP contribution in [-0.4, -0.2) is 33.6 Å². The number of nitro groups is 1. The van der Waals surface area contributed by atoms with Gasteiger partial charge < -0.3 is 5.11 Å². The van der Waals surface area contributed by atoms with Crippen LogP contribution in [-0.2, 0) is 10.0 Å². The van der Waals surface area contributed by atoms with E-state index in [-0.39, 0.29) is 49.9 Å². The summed E-state index contributed by atoms with van der Waals surface area (Å²) in [5.74, 6) is -1.09. The zero-order valence-corrected chi connectivity index (χ0v) is 18.1. The number of aryl methyl sites for hydroxylation is 1. The Morgan fingerprint density at radius 1 is 1.14 bits per heavy atom. The first-order valence-electron chi connectivity index (χ1n) is 7.70. The van der Waals surface area contributed by atoms with Crippen molar-refractivity contribution in [2.45, 2.75) is 11.8 Å². The van der Waals surface area contributed by atoms with Crippen LogP contribution in [0.3, 0.4) is 0 Å². The molecular weight excluding hydrogens is 413 g/mol. The summed E-state index contributed by atoms with van der Waals surface area (Å²) >= 11 is 0. The number of nitrogens with one attached hydrogen (secondary N) is 1. The number of nitrogens with zero attached hydrogens (tertiary/aromatic N) is 4. The fourth-order valence-electron chi connectivity index (χ4n) is 2.22. The first kappa shape index (κ1) is 22.5. The van der Waals surface area contributed by atoms with Crippen LogP contribution in [0.4, 0.5) is 11.4 Å². The van der Waals surface area contributed by atoms with Crippen LogP contribution in [0, 0.1) is 17.0 Å². The van der Waals surface area contributed by atoms with E-state index in [9.17, 15) is 28.4 Å². The summed E-state index contributed by atoms with van der Waals surface area (Å²) in [6.45, 7) is 1.77. The number of aromatic nitrogens is 3. The quantitative estimate of drug-likeness (QED) is 0.155. The van der Waals surface area contributed by atoms with Crippen molar-refractivity contribution in [2.75, 3.05) is 0 Å². The Hall–Kier alpha value is -2.80. The van der Waals surface area contributed by atoms with Gasteiger partial charge in [-0.15, -0.1) is 4.09 Å². The summed E-state index contributed by atoms with van der Waals surface area (Å²) in [6.07, 6.45) is 0. The second-order valence-corrected chi connectivity index (χ2v) is 7.43. The third-order valence-corrected chi connectivity index (χ3v) is 5.29. The number of non-ortho nitro benzene ring substituents is 1. The molecule has 29 heavy (non-hydrogen) atoms. The normalized spacial score (nSPS) is 11.7. The molecule has 2 aromatic carbocycles. The summed E-state index contributed by atoms with van der Waals surface area (Å²) in [5, 5.41) is 28.3. The average molecular weight is 425 g/mol. The van der Waals surface area contributed by atoms with Gasteiger partial charge in [-0.2, -0.15) is 13.5 Å². The minimum Gasteiger partial charge on any atom is -0.857 e. The predicted molar refractivity (Wildman–Crippen MR) is 95.9 cm³/mol. The molecule has 0 amide bonds. The average Bonchev–Trinajstić information content (AvgIpc) is 3.05. The Morgan fingerprint density at radius 2 is 1.72 bits per heavy atom. The molecule has 144 valence electrons. The van der Waals surface area contributed by atoms with E-state index >= 15 is 0 Å². The van der Waals surface area contributed by atoms with Gasteiger partial charge in [0.15, 0.2) is 5.69 Å². The molecule has 0 bridgehead atoms. The number of hydrogen-bond donors (Lipinski definition) is 1. The second-order valence-electron chi connectivity index (χ2n) is 5.64. The monoisotopic (exact) mass is 425 g/mol. The molecule has 0 fully saturated rings. The van der Waals surface area contributed by atoms with E-state index < -0.39 is 32.1 Å². The summed E-state index contributed by atoms with van der Waals surface area (Å²) < 4.78 is 25.3. The summed E-state index contributed by atoms with van der Waals surface area (Å²) in [5.41, 5.74) is -1.23. The van der Waals surface area contributed by atoms with Gasteiger partial charge in [0.05, 0.1) is 15.5 Å². The van der Waals surface area contributed by atoms with Crippen LogP contribution >= 0.6 is 0 Å². The van der Waals surface area contributed by atoms with Crippen molar-refractivity contribution in [2.24, 2.45) is 4.99 Å². The third kappa shape index (κ3) is 4.62. The molecule has 0 saturated carbocycles. The van der Waals surface area contributed by atoms with Crippen molar-refractivity contribution in [3.63, 3.8) is 0 Å². The molecule has 13 heteroatoms. The Kier molecular flexibility index (Phi) is 6.74. The molecule has 1 aromatic heterocycles. The zero-order chi connectivity index (χ0) is 20.5. The maximum atomic E-state index is 12.5.